The molecule has 3 aromatic carbocycles. The van der Waals surface area contributed by atoms with E-state index in [2.05, 4.69) is 0 Å². The second-order valence-electron chi connectivity index (χ2n) is 9.33. The molecular weight excluding hydrogens is 458 g/mol. The molecule has 7 nitrogen and oxygen atoms in total. The monoisotopic (exact) mass is 481 g/mol. The maximum Gasteiger partial charge on any atom is 0.241 e. The Bertz CT molecular complexity index is 1390. The average molecular weight is 482 g/mol. The maximum atomic E-state index is 13.9. The summed E-state index contributed by atoms with van der Waals surface area (Å²) < 4.78 is 11.8. The molecule has 3 aromatic rings. The molecule has 36 heavy (non-hydrogen) atoms. The summed E-state index contributed by atoms with van der Waals surface area (Å²) in [7, 11) is 0. The molecule has 0 radical (unpaired) electrons. The van der Waals surface area contributed by atoms with E-state index >= 15 is 0 Å². The number of ether oxygens (including phenoxy) is 2. The first-order chi connectivity index (χ1) is 17.4. The number of fused-ring (bicyclic) bond motifs is 3. The van der Waals surface area contributed by atoms with Gasteiger partial charge in [0.2, 0.25) is 29.0 Å². The van der Waals surface area contributed by atoms with Crippen molar-refractivity contribution >= 4 is 29.1 Å². The van der Waals surface area contributed by atoms with Crippen LogP contribution in [0.3, 0.4) is 0 Å². The molecule has 3 aliphatic rings. The minimum atomic E-state index is -2.07. The van der Waals surface area contributed by atoms with E-state index in [1.165, 1.54) is 0 Å². The van der Waals surface area contributed by atoms with E-state index in [0.29, 0.717) is 23.6 Å². The van der Waals surface area contributed by atoms with Crippen LogP contribution < -0.4 is 9.64 Å². The Kier molecular flexibility index (Phi) is 4.95. The summed E-state index contributed by atoms with van der Waals surface area (Å²) in [6.45, 7) is 4.27. The Hall–Kier alpha value is -4.10. The van der Waals surface area contributed by atoms with Crippen molar-refractivity contribution in [3.63, 3.8) is 0 Å². The third-order valence-electron chi connectivity index (χ3n) is 7.33. The molecule has 2 aliphatic heterocycles. The van der Waals surface area contributed by atoms with Crippen LogP contribution in [0, 0.1) is 18.8 Å². The van der Waals surface area contributed by atoms with Gasteiger partial charge in [-0.3, -0.25) is 19.2 Å². The lowest BCUT2D eigenvalue weighted by Crippen LogP contribution is -2.51. The van der Waals surface area contributed by atoms with E-state index < -0.39 is 46.9 Å². The second kappa shape index (κ2) is 7.96. The van der Waals surface area contributed by atoms with Crippen LogP contribution in [0.4, 0.5) is 5.69 Å². The average Bonchev–Trinajstić information content (AvgIpc) is 3.45. The van der Waals surface area contributed by atoms with Gasteiger partial charge in [-0.15, -0.1) is 0 Å². The molecule has 0 aromatic heterocycles. The largest absolute Gasteiger partial charge is 0.494 e. The fourth-order valence-electron chi connectivity index (χ4n) is 5.69. The van der Waals surface area contributed by atoms with Gasteiger partial charge in [-0.2, -0.15) is 0 Å². The summed E-state index contributed by atoms with van der Waals surface area (Å²) in [4.78, 5) is 56.4. The molecule has 0 saturated carbocycles. The molecule has 2 heterocycles. The van der Waals surface area contributed by atoms with Crippen molar-refractivity contribution in [2.45, 2.75) is 25.6 Å². The number of anilines is 1. The lowest BCUT2D eigenvalue weighted by Gasteiger charge is -2.27. The number of amides is 2. The normalized spacial score (nSPS) is 23.9. The molecular formula is C29H23NO6. The predicted octanol–water partition coefficient (Wildman–Crippen LogP) is 4.09. The predicted molar refractivity (Wildman–Crippen MR) is 130 cm³/mol. The van der Waals surface area contributed by atoms with Crippen molar-refractivity contribution in [3.05, 3.63) is 95.1 Å². The summed E-state index contributed by atoms with van der Waals surface area (Å²) in [5.74, 6) is -3.92. The number of carbonyl (C=O) groups is 4. The lowest BCUT2D eigenvalue weighted by atomic mass is 9.77. The number of imide groups is 1. The molecule has 7 heteroatoms. The van der Waals surface area contributed by atoms with Crippen LogP contribution in [0.25, 0.3) is 0 Å². The molecule has 0 unspecified atom stereocenters. The fourth-order valence-corrected chi connectivity index (χ4v) is 5.69. The van der Waals surface area contributed by atoms with Crippen molar-refractivity contribution in [3.8, 4) is 5.75 Å². The Labute approximate surface area is 207 Å². The third kappa shape index (κ3) is 2.89. The van der Waals surface area contributed by atoms with Gasteiger partial charge in [0.05, 0.1) is 30.2 Å². The van der Waals surface area contributed by atoms with Gasteiger partial charge in [-0.1, -0.05) is 54.1 Å². The highest BCUT2D eigenvalue weighted by Crippen LogP contribution is 2.57. The summed E-state index contributed by atoms with van der Waals surface area (Å²) in [5.41, 5.74) is 0.357. The van der Waals surface area contributed by atoms with E-state index in [-0.39, 0.29) is 11.1 Å². The first-order valence-electron chi connectivity index (χ1n) is 11.9. The summed E-state index contributed by atoms with van der Waals surface area (Å²) in [6, 6.07) is 20.4. The van der Waals surface area contributed by atoms with Crippen molar-refractivity contribution in [1.82, 2.24) is 0 Å². The number of ketones is 2. The van der Waals surface area contributed by atoms with Crippen LogP contribution in [0.1, 0.15) is 44.9 Å². The molecule has 0 N–H and O–H groups in total. The minimum absolute atomic E-state index is 0.213. The molecule has 6 rings (SSSR count). The molecule has 3 atom stereocenters. The Morgan fingerprint density at radius 1 is 0.833 bits per heavy atom. The summed E-state index contributed by atoms with van der Waals surface area (Å²) in [5, 5.41) is 0. The topological polar surface area (TPSA) is 90.0 Å². The highest BCUT2D eigenvalue weighted by atomic mass is 16.5. The molecule has 1 spiro atoms. The zero-order valence-corrected chi connectivity index (χ0v) is 19.8. The molecule has 2 fully saturated rings. The van der Waals surface area contributed by atoms with E-state index in [9.17, 15) is 19.2 Å². The number of rotatable bonds is 4. The zero-order valence-electron chi connectivity index (χ0n) is 19.8. The van der Waals surface area contributed by atoms with Crippen molar-refractivity contribution < 1.29 is 28.7 Å². The van der Waals surface area contributed by atoms with E-state index in [1.807, 2.05) is 38.1 Å². The summed E-state index contributed by atoms with van der Waals surface area (Å²) in [6.07, 6.45) is -0.929. The highest BCUT2D eigenvalue weighted by molar-refractivity contribution is 6.37. The Balaban J connectivity index is 1.49. The van der Waals surface area contributed by atoms with Crippen LogP contribution in [-0.4, -0.2) is 35.6 Å². The van der Waals surface area contributed by atoms with Crippen LogP contribution in [-0.2, 0) is 14.3 Å². The first-order valence-corrected chi connectivity index (χ1v) is 11.9. The first kappa shape index (κ1) is 22.4. The Morgan fingerprint density at radius 2 is 1.44 bits per heavy atom. The second-order valence-corrected chi connectivity index (χ2v) is 9.33. The van der Waals surface area contributed by atoms with Gasteiger partial charge in [0.25, 0.3) is 0 Å². The van der Waals surface area contributed by atoms with Crippen LogP contribution >= 0.6 is 0 Å². The van der Waals surface area contributed by atoms with Gasteiger partial charge in [0.1, 0.15) is 5.75 Å². The number of Topliss-reactive ketones (excluding diaryl/α,β-unsaturated/α-hetero) is 2. The smallest absolute Gasteiger partial charge is 0.241 e. The van der Waals surface area contributed by atoms with E-state index in [4.69, 9.17) is 9.47 Å². The standard InChI is InChI=1S/C29H23NO6/c1-3-35-19-14-12-18(13-15-19)30-27(33)22-23(28(30)34)29(36-24(22)17-10-8-16(2)9-11-17)25(31)20-6-4-5-7-21(20)26(29)32/h4-15,22-24H,3H2,1-2H3/t22-,23-,24-/m1/s1. The van der Waals surface area contributed by atoms with E-state index in [1.54, 1.807) is 48.5 Å². The lowest BCUT2D eigenvalue weighted by molar-refractivity contribution is -0.127. The number of nitrogens with zero attached hydrogens (tertiary/aromatic N) is 1. The number of aryl methyl sites for hydroxylation is 1. The third-order valence-corrected chi connectivity index (χ3v) is 7.33. The van der Waals surface area contributed by atoms with Crippen LogP contribution in [0.5, 0.6) is 5.75 Å². The van der Waals surface area contributed by atoms with Crippen LogP contribution in [0.2, 0.25) is 0 Å². The van der Waals surface area contributed by atoms with Gasteiger partial charge in [0, 0.05) is 11.1 Å². The molecule has 0 bridgehead atoms. The summed E-state index contributed by atoms with van der Waals surface area (Å²) >= 11 is 0. The fraction of sp³-hybridized carbons (Fsp3) is 0.241. The molecule has 1 aliphatic carbocycles. The van der Waals surface area contributed by atoms with Gasteiger partial charge in [-0.05, 0) is 43.7 Å². The van der Waals surface area contributed by atoms with E-state index in [0.717, 1.165) is 10.5 Å². The van der Waals surface area contributed by atoms with Crippen molar-refractivity contribution in [1.29, 1.82) is 0 Å². The van der Waals surface area contributed by atoms with Gasteiger partial charge < -0.3 is 9.47 Å². The number of hydrogen-bond acceptors (Lipinski definition) is 6. The van der Waals surface area contributed by atoms with Gasteiger partial charge >= 0.3 is 0 Å². The molecule has 2 saturated heterocycles. The number of hydrogen-bond donors (Lipinski definition) is 0. The quantitative estimate of drug-likeness (QED) is 0.412. The van der Waals surface area contributed by atoms with Crippen molar-refractivity contribution in [2.24, 2.45) is 11.8 Å². The van der Waals surface area contributed by atoms with Crippen molar-refractivity contribution in [2.75, 3.05) is 11.5 Å². The SMILES string of the molecule is CCOc1ccc(N2C(=O)[C@H]3[C@@H](c4ccc(C)cc4)OC4(C(=O)c5ccccc5C4=O)[C@H]3C2=O)cc1. The highest BCUT2D eigenvalue weighted by Gasteiger charge is 2.74. The number of benzene rings is 3. The molecule has 180 valence electrons. The maximum absolute atomic E-state index is 13.9. The minimum Gasteiger partial charge on any atom is -0.494 e. The van der Waals surface area contributed by atoms with Gasteiger partial charge in [0.15, 0.2) is 0 Å². The zero-order chi connectivity index (χ0) is 25.2. The van der Waals surface area contributed by atoms with Gasteiger partial charge in [-0.25, -0.2) is 4.90 Å². The molecule has 2 amide bonds. The van der Waals surface area contributed by atoms with Crippen LogP contribution in [0.15, 0.2) is 72.8 Å². The Morgan fingerprint density at radius 3 is 2.03 bits per heavy atom. The number of carbonyl (C=O) groups excluding carboxylic acids is 4.